The monoisotopic (exact) mass is 366 g/mol. The van der Waals surface area contributed by atoms with Gasteiger partial charge in [-0.15, -0.1) is 0 Å². The summed E-state index contributed by atoms with van der Waals surface area (Å²) in [6, 6.07) is 15.2. The SMILES string of the molecule is Cc1ccc(S(=O)(=O)N2CCc3nc4ccccc4c(C)c3CC2)cc1. The molecule has 0 fully saturated rings. The van der Waals surface area contributed by atoms with Crippen LogP contribution in [0.5, 0.6) is 0 Å². The largest absolute Gasteiger partial charge is 0.252 e. The molecule has 4 rings (SSSR count). The minimum absolute atomic E-state index is 0.365. The van der Waals surface area contributed by atoms with Gasteiger partial charge >= 0.3 is 0 Å². The Hall–Kier alpha value is -2.24. The first-order valence-electron chi connectivity index (χ1n) is 8.91. The Morgan fingerprint density at radius 3 is 2.38 bits per heavy atom. The van der Waals surface area contributed by atoms with E-state index < -0.39 is 10.0 Å². The molecule has 0 aliphatic carbocycles. The van der Waals surface area contributed by atoms with Crippen molar-refractivity contribution in [3.05, 3.63) is 70.9 Å². The fraction of sp³-hybridized carbons (Fsp3) is 0.286. The number of benzene rings is 2. The first kappa shape index (κ1) is 17.2. The van der Waals surface area contributed by atoms with Crippen LogP contribution in [0.3, 0.4) is 0 Å². The van der Waals surface area contributed by atoms with E-state index in [9.17, 15) is 8.42 Å². The molecule has 0 N–H and O–H groups in total. The van der Waals surface area contributed by atoms with Gasteiger partial charge in [-0.1, -0.05) is 35.9 Å². The van der Waals surface area contributed by atoms with Crippen molar-refractivity contribution < 1.29 is 8.42 Å². The molecular weight excluding hydrogens is 344 g/mol. The molecule has 0 bridgehead atoms. The molecule has 0 saturated heterocycles. The number of para-hydroxylation sites is 1. The Bertz CT molecular complexity index is 1070. The quantitative estimate of drug-likeness (QED) is 0.696. The third-order valence-corrected chi connectivity index (χ3v) is 7.15. The second-order valence-corrected chi connectivity index (χ2v) is 8.83. The van der Waals surface area contributed by atoms with Crippen molar-refractivity contribution >= 4 is 20.9 Å². The molecule has 1 aromatic heterocycles. The zero-order valence-electron chi connectivity index (χ0n) is 15.1. The average Bonchev–Trinajstić information content (AvgIpc) is 2.86. The van der Waals surface area contributed by atoms with Gasteiger partial charge in [0, 0.05) is 30.6 Å². The maximum absolute atomic E-state index is 13.0. The van der Waals surface area contributed by atoms with Gasteiger partial charge < -0.3 is 0 Å². The molecule has 3 aromatic rings. The highest BCUT2D eigenvalue weighted by molar-refractivity contribution is 7.89. The van der Waals surface area contributed by atoms with E-state index in [2.05, 4.69) is 13.0 Å². The van der Waals surface area contributed by atoms with Crippen LogP contribution in [0.25, 0.3) is 10.9 Å². The first-order valence-corrected chi connectivity index (χ1v) is 10.3. The van der Waals surface area contributed by atoms with Gasteiger partial charge in [0.2, 0.25) is 10.0 Å². The molecule has 2 aromatic carbocycles. The zero-order chi connectivity index (χ0) is 18.3. The lowest BCUT2D eigenvalue weighted by Crippen LogP contribution is -2.33. The summed E-state index contributed by atoms with van der Waals surface area (Å²) in [4.78, 5) is 5.18. The van der Waals surface area contributed by atoms with E-state index in [0.717, 1.165) is 22.2 Å². The lowest BCUT2D eigenvalue weighted by atomic mass is 9.99. The van der Waals surface area contributed by atoms with Gasteiger partial charge in [0.25, 0.3) is 0 Å². The summed E-state index contributed by atoms with van der Waals surface area (Å²) in [5.74, 6) is 0. The van der Waals surface area contributed by atoms with Crippen molar-refractivity contribution in [3.63, 3.8) is 0 Å². The highest BCUT2D eigenvalue weighted by atomic mass is 32.2. The second kappa shape index (κ2) is 6.49. The molecule has 0 spiro atoms. The number of aromatic nitrogens is 1. The maximum atomic E-state index is 13.0. The van der Waals surface area contributed by atoms with Crippen molar-refractivity contribution in [2.45, 2.75) is 31.6 Å². The van der Waals surface area contributed by atoms with E-state index in [-0.39, 0.29) is 0 Å². The Balaban J connectivity index is 1.69. The summed E-state index contributed by atoms with van der Waals surface area (Å²) in [5, 5.41) is 1.15. The topological polar surface area (TPSA) is 50.3 Å². The number of aryl methyl sites for hydroxylation is 2. The first-order chi connectivity index (χ1) is 12.5. The second-order valence-electron chi connectivity index (χ2n) is 6.90. The number of nitrogens with zero attached hydrogens (tertiary/aromatic N) is 2. The number of fused-ring (bicyclic) bond motifs is 2. The van der Waals surface area contributed by atoms with Crippen LogP contribution in [0.1, 0.15) is 22.4 Å². The van der Waals surface area contributed by atoms with Crippen LogP contribution >= 0.6 is 0 Å². The summed E-state index contributed by atoms with van der Waals surface area (Å²) in [7, 11) is -3.47. The van der Waals surface area contributed by atoms with Crippen LogP contribution in [0.2, 0.25) is 0 Å². The van der Waals surface area contributed by atoms with Crippen molar-refractivity contribution in [2.24, 2.45) is 0 Å². The third kappa shape index (κ3) is 2.91. The number of hydrogen-bond acceptors (Lipinski definition) is 3. The summed E-state index contributed by atoms with van der Waals surface area (Å²) in [6.07, 6.45) is 1.34. The van der Waals surface area contributed by atoms with Gasteiger partial charge in [0.1, 0.15) is 0 Å². The zero-order valence-corrected chi connectivity index (χ0v) is 15.9. The minimum atomic E-state index is -3.47. The summed E-state index contributed by atoms with van der Waals surface area (Å²) in [5.41, 5.74) is 5.49. The van der Waals surface area contributed by atoms with Crippen LogP contribution in [0.15, 0.2) is 53.4 Å². The molecule has 134 valence electrons. The lowest BCUT2D eigenvalue weighted by Gasteiger charge is -2.20. The standard InChI is InChI=1S/C21H22N2O2S/c1-15-7-9-17(10-8-15)26(24,25)23-13-11-19-16(2)18-5-3-4-6-20(18)22-21(19)12-14-23/h3-10H,11-14H2,1-2H3. The van der Waals surface area contributed by atoms with E-state index in [1.165, 1.54) is 11.1 Å². The van der Waals surface area contributed by atoms with Crippen LogP contribution in [0.4, 0.5) is 0 Å². The van der Waals surface area contributed by atoms with E-state index in [4.69, 9.17) is 4.98 Å². The highest BCUT2D eigenvalue weighted by Gasteiger charge is 2.27. The smallest absolute Gasteiger partial charge is 0.243 e. The molecule has 0 saturated carbocycles. The van der Waals surface area contributed by atoms with Crippen LogP contribution < -0.4 is 0 Å². The maximum Gasteiger partial charge on any atom is 0.243 e. The van der Waals surface area contributed by atoms with Crippen LogP contribution in [-0.4, -0.2) is 30.8 Å². The van der Waals surface area contributed by atoms with Gasteiger partial charge in [0.05, 0.1) is 10.4 Å². The van der Waals surface area contributed by atoms with Gasteiger partial charge in [-0.2, -0.15) is 4.31 Å². The molecule has 1 aliphatic rings. The van der Waals surface area contributed by atoms with Crippen molar-refractivity contribution in [1.29, 1.82) is 0 Å². The summed E-state index contributed by atoms with van der Waals surface area (Å²) in [6.45, 7) is 5.03. The summed E-state index contributed by atoms with van der Waals surface area (Å²) < 4.78 is 27.7. The van der Waals surface area contributed by atoms with Crippen molar-refractivity contribution in [2.75, 3.05) is 13.1 Å². The van der Waals surface area contributed by atoms with Crippen molar-refractivity contribution in [3.8, 4) is 0 Å². The molecule has 0 amide bonds. The fourth-order valence-electron chi connectivity index (χ4n) is 3.70. The van der Waals surface area contributed by atoms with E-state index in [1.54, 1.807) is 16.4 Å². The molecule has 0 radical (unpaired) electrons. The molecule has 2 heterocycles. The van der Waals surface area contributed by atoms with Crippen molar-refractivity contribution in [1.82, 2.24) is 9.29 Å². The highest BCUT2D eigenvalue weighted by Crippen LogP contribution is 2.27. The van der Waals surface area contributed by atoms with Gasteiger partial charge in [0.15, 0.2) is 0 Å². The predicted molar refractivity (Wildman–Crippen MR) is 104 cm³/mol. The summed E-state index contributed by atoms with van der Waals surface area (Å²) >= 11 is 0. The predicted octanol–water partition coefficient (Wildman–Crippen LogP) is 3.64. The number of rotatable bonds is 2. The number of hydrogen-bond donors (Lipinski definition) is 0. The fourth-order valence-corrected chi connectivity index (χ4v) is 5.14. The Morgan fingerprint density at radius 2 is 1.62 bits per heavy atom. The van der Waals surface area contributed by atoms with Gasteiger partial charge in [-0.25, -0.2) is 8.42 Å². The molecule has 0 unspecified atom stereocenters. The normalized spacial score (nSPS) is 15.6. The minimum Gasteiger partial charge on any atom is -0.252 e. The molecule has 0 atom stereocenters. The Morgan fingerprint density at radius 1 is 0.923 bits per heavy atom. The van der Waals surface area contributed by atoms with E-state index in [0.29, 0.717) is 30.8 Å². The van der Waals surface area contributed by atoms with Gasteiger partial charge in [-0.3, -0.25) is 4.98 Å². The van der Waals surface area contributed by atoms with E-state index in [1.807, 2.05) is 37.3 Å². The Labute approximate surface area is 154 Å². The molecular formula is C21H22N2O2S. The Kier molecular flexibility index (Phi) is 4.29. The molecule has 4 nitrogen and oxygen atoms in total. The lowest BCUT2D eigenvalue weighted by molar-refractivity contribution is 0.426. The molecule has 26 heavy (non-hydrogen) atoms. The molecule has 5 heteroatoms. The van der Waals surface area contributed by atoms with E-state index >= 15 is 0 Å². The van der Waals surface area contributed by atoms with Crippen LogP contribution in [-0.2, 0) is 22.9 Å². The third-order valence-electron chi connectivity index (χ3n) is 5.23. The molecule has 1 aliphatic heterocycles. The van der Waals surface area contributed by atoms with Crippen LogP contribution in [0, 0.1) is 13.8 Å². The average molecular weight is 366 g/mol. The van der Waals surface area contributed by atoms with Gasteiger partial charge in [-0.05, 0) is 49.6 Å². The number of pyridine rings is 1. The number of sulfonamides is 1.